The van der Waals surface area contributed by atoms with E-state index < -0.39 is 17.9 Å². The molecule has 3 heterocycles. The van der Waals surface area contributed by atoms with E-state index >= 15 is 0 Å². The molecule has 0 bridgehead atoms. The van der Waals surface area contributed by atoms with Crippen LogP contribution in [0.1, 0.15) is 22.7 Å². The van der Waals surface area contributed by atoms with Crippen molar-refractivity contribution in [3.05, 3.63) is 71.4 Å². The Morgan fingerprint density at radius 3 is 2.41 bits per heavy atom. The van der Waals surface area contributed by atoms with Crippen molar-refractivity contribution in [2.75, 3.05) is 4.90 Å². The van der Waals surface area contributed by atoms with Gasteiger partial charge in [0.1, 0.15) is 6.04 Å². The summed E-state index contributed by atoms with van der Waals surface area (Å²) >= 11 is 0. The zero-order valence-corrected chi connectivity index (χ0v) is 14.7. The molecule has 5 heteroatoms. The minimum atomic E-state index is -0.649. The molecule has 0 aliphatic carbocycles. The number of rotatable bonds is 1. The third kappa shape index (κ3) is 2.04. The van der Waals surface area contributed by atoms with Gasteiger partial charge in [-0.1, -0.05) is 42.0 Å². The van der Waals surface area contributed by atoms with Crippen molar-refractivity contribution in [1.82, 2.24) is 4.90 Å². The van der Waals surface area contributed by atoms with Gasteiger partial charge in [0.05, 0.1) is 29.6 Å². The Labute approximate surface area is 157 Å². The Hall–Kier alpha value is -3.39. The number of carbonyl (C=O) groups excluding carboxylic acids is 2. The summed E-state index contributed by atoms with van der Waals surface area (Å²) in [5.41, 5.74) is 3.67. The lowest BCUT2D eigenvalue weighted by Crippen LogP contribution is -2.40. The topological polar surface area (TPSA) is 64.4 Å². The molecule has 0 spiro atoms. The SMILES string of the molecule is Cc1ccc(N2C(=O)[C@@H]3[C@H](C2=O)[C@H](C#N)N2C=Cc4ccccc4[C@H]32)cc1. The van der Waals surface area contributed by atoms with Crippen LogP contribution in [0.3, 0.4) is 0 Å². The molecule has 0 unspecified atom stereocenters. The summed E-state index contributed by atoms with van der Waals surface area (Å²) in [7, 11) is 0. The summed E-state index contributed by atoms with van der Waals surface area (Å²) < 4.78 is 0. The summed E-state index contributed by atoms with van der Waals surface area (Å²) in [5.74, 6) is -1.69. The molecule has 2 amide bonds. The monoisotopic (exact) mass is 355 g/mol. The van der Waals surface area contributed by atoms with Crippen LogP contribution in [0, 0.1) is 30.1 Å². The van der Waals surface area contributed by atoms with Gasteiger partial charge in [0, 0.05) is 6.20 Å². The fourth-order valence-corrected chi connectivity index (χ4v) is 4.65. The zero-order chi connectivity index (χ0) is 18.7. The maximum Gasteiger partial charge on any atom is 0.240 e. The first-order valence-electron chi connectivity index (χ1n) is 9.00. The fourth-order valence-electron chi connectivity index (χ4n) is 4.65. The molecular weight excluding hydrogens is 338 g/mol. The summed E-state index contributed by atoms with van der Waals surface area (Å²) in [6.07, 6.45) is 3.81. The van der Waals surface area contributed by atoms with Crippen LogP contribution in [0.2, 0.25) is 0 Å². The maximum atomic E-state index is 13.4. The Balaban J connectivity index is 1.63. The largest absolute Gasteiger partial charge is 0.353 e. The van der Waals surface area contributed by atoms with E-state index in [0.29, 0.717) is 5.69 Å². The van der Waals surface area contributed by atoms with Crippen molar-refractivity contribution < 1.29 is 9.59 Å². The first-order valence-corrected chi connectivity index (χ1v) is 9.00. The number of nitrogens with zero attached hydrogens (tertiary/aromatic N) is 3. The molecule has 0 N–H and O–H groups in total. The first kappa shape index (κ1) is 15.8. The van der Waals surface area contributed by atoms with Gasteiger partial charge in [-0.25, -0.2) is 4.90 Å². The quantitative estimate of drug-likeness (QED) is 0.738. The lowest BCUT2D eigenvalue weighted by atomic mass is 9.85. The number of benzene rings is 2. The predicted octanol–water partition coefficient (Wildman–Crippen LogP) is 3.03. The highest BCUT2D eigenvalue weighted by Crippen LogP contribution is 2.52. The average Bonchev–Trinajstić information content (AvgIpc) is 3.15. The minimum Gasteiger partial charge on any atom is -0.353 e. The Morgan fingerprint density at radius 1 is 0.963 bits per heavy atom. The van der Waals surface area contributed by atoms with Crippen molar-refractivity contribution in [1.29, 1.82) is 5.26 Å². The van der Waals surface area contributed by atoms with E-state index in [1.807, 2.05) is 60.5 Å². The van der Waals surface area contributed by atoms with E-state index in [1.165, 1.54) is 4.90 Å². The van der Waals surface area contributed by atoms with Gasteiger partial charge in [0.15, 0.2) is 0 Å². The second-order valence-corrected chi connectivity index (χ2v) is 7.31. The number of amides is 2. The van der Waals surface area contributed by atoms with Gasteiger partial charge in [-0.3, -0.25) is 9.59 Å². The van der Waals surface area contributed by atoms with Crippen LogP contribution in [0.25, 0.3) is 6.08 Å². The van der Waals surface area contributed by atoms with E-state index in [4.69, 9.17) is 0 Å². The normalized spacial score (nSPS) is 28.0. The van der Waals surface area contributed by atoms with E-state index in [9.17, 15) is 14.9 Å². The first-order chi connectivity index (χ1) is 13.1. The second kappa shape index (κ2) is 5.55. The molecule has 2 fully saturated rings. The highest BCUT2D eigenvalue weighted by Gasteiger charge is 2.63. The maximum absolute atomic E-state index is 13.4. The van der Waals surface area contributed by atoms with Crippen molar-refractivity contribution >= 4 is 23.6 Å². The van der Waals surface area contributed by atoms with Gasteiger partial charge in [-0.2, -0.15) is 5.26 Å². The summed E-state index contributed by atoms with van der Waals surface area (Å²) in [6, 6.07) is 16.6. The third-order valence-electron chi connectivity index (χ3n) is 5.89. The summed E-state index contributed by atoms with van der Waals surface area (Å²) in [4.78, 5) is 29.7. The third-order valence-corrected chi connectivity index (χ3v) is 5.89. The molecule has 5 nitrogen and oxygen atoms in total. The van der Waals surface area contributed by atoms with Crippen LogP contribution < -0.4 is 4.90 Å². The standard InChI is InChI=1S/C22H17N3O2/c1-13-6-8-15(9-7-13)25-21(26)18-17(12-23)24-11-10-14-4-2-3-5-16(14)20(24)19(18)22(25)27/h2-11,17-20H,1H3/t17-,18+,19+,20+/m0/s1. The number of anilines is 1. The molecule has 0 radical (unpaired) electrons. The molecule has 0 aromatic heterocycles. The molecule has 2 aromatic carbocycles. The molecule has 0 saturated carbocycles. The fraction of sp³-hybridized carbons (Fsp3) is 0.227. The van der Waals surface area contributed by atoms with Gasteiger partial charge in [-0.05, 0) is 36.3 Å². The van der Waals surface area contributed by atoms with Gasteiger partial charge in [0.2, 0.25) is 11.8 Å². The van der Waals surface area contributed by atoms with Crippen molar-refractivity contribution in [3.63, 3.8) is 0 Å². The Morgan fingerprint density at radius 2 is 1.67 bits per heavy atom. The number of carbonyl (C=O) groups is 2. The molecule has 4 atom stereocenters. The number of imide groups is 1. The molecule has 2 saturated heterocycles. The van der Waals surface area contributed by atoms with Gasteiger partial charge >= 0.3 is 0 Å². The smallest absolute Gasteiger partial charge is 0.240 e. The second-order valence-electron chi connectivity index (χ2n) is 7.31. The van der Waals surface area contributed by atoms with Gasteiger partial charge < -0.3 is 4.90 Å². The van der Waals surface area contributed by atoms with Crippen LogP contribution in [-0.2, 0) is 9.59 Å². The van der Waals surface area contributed by atoms with Crippen molar-refractivity contribution in [2.45, 2.75) is 19.0 Å². The predicted molar refractivity (Wildman–Crippen MR) is 100 cm³/mol. The average molecular weight is 355 g/mol. The van der Waals surface area contributed by atoms with Crippen LogP contribution in [-0.4, -0.2) is 22.8 Å². The molecular formula is C22H17N3O2. The van der Waals surface area contributed by atoms with E-state index in [0.717, 1.165) is 16.7 Å². The summed E-state index contributed by atoms with van der Waals surface area (Å²) in [6.45, 7) is 1.96. The van der Waals surface area contributed by atoms with Crippen LogP contribution >= 0.6 is 0 Å². The van der Waals surface area contributed by atoms with Crippen LogP contribution in [0.15, 0.2) is 54.7 Å². The molecule has 27 heavy (non-hydrogen) atoms. The van der Waals surface area contributed by atoms with E-state index in [1.54, 1.807) is 12.1 Å². The molecule has 132 valence electrons. The number of fused-ring (bicyclic) bond motifs is 5. The molecule has 3 aliphatic rings. The highest BCUT2D eigenvalue weighted by molar-refractivity contribution is 6.23. The number of nitriles is 1. The summed E-state index contributed by atoms with van der Waals surface area (Å²) in [5, 5.41) is 9.79. The number of aryl methyl sites for hydroxylation is 1. The lowest BCUT2D eigenvalue weighted by molar-refractivity contribution is -0.123. The van der Waals surface area contributed by atoms with Crippen LogP contribution in [0.4, 0.5) is 5.69 Å². The number of hydrogen-bond acceptors (Lipinski definition) is 4. The lowest BCUT2D eigenvalue weighted by Gasteiger charge is -2.33. The van der Waals surface area contributed by atoms with Gasteiger partial charge in [-0.15, -0.1) is 0 Å². The van der Waals surface area contributed by atoms with Crippen molar-refractivity contribution in [2.24, 2.45) is 11.8 Å². The Kier molecular flexibility index (Phi) is 3.26. The van der Waals surface area contributed by atoms with Crippen LogP contribution in [0.5, 0.6) is 0 Å². The molecule has 3 aliphatic heterocycles. The molecule has 5 rings (SSSR count). The number of hydrogen-bond donors (Lipinski definition) is 0. The zero-order valence-electron chi connectivity index (χ0n) is 14.7. The van der Waals surface area contributed by atoms with Crippen molar-refractivity contribution in [3.8, 4) is 6.07 Å². The Bertz CT molecular complexity index is 1030. The molecule has 2 aromatic rings. The van der Waals surface area contributed by atoms with E-state index in [-0.39, 0.29) is 17.9 Å². The van der Waals surface area contributed by atoms with E-state index in [2.05, 4.69) is 6.07 Å². The highest BCUT2D eigenvalue weighted by atomic mass is 16.2. The minimum absolute atomic E-state index is 0.216. The van der Waals surface area contributed by atoms with Gasteiger partial charge in [0.25, 0.3) is 0 Å².